The van der Waals surface area contributed by atoms with Crippen LogP contribution in [0.25, 0.3) is 0 Å². The lowest BCUT2D eigenvalue weighted by Crippen LogP contribution is -2.12. The van der Waals surface area contributed by atoms with Crippen molar-refractivity contribution in [2.75, 3.05) is 26.4 Å². The standard InChI is InChI=1S/C15H24BrNO2/c1-3-5-8-18-9-10-19-14-6-7-15(16)13(11-14)12-17-4-2/h6-7,11,17H,3-5,8-10,12H2,1-2H3. The summed E-state index contributed by atoms with van der Waals surface area (Å²) in [6, 6.07) is 6.07. The largest absolute Gasteiger partial charge is 0.491 e. The van der Waals surface area contributed by atoms with E-state index in [-0.39, 0.29) is 0 Å². The molecule has 108 valence electrons. The molecule has 0 aliphatic heterocycles. The Morgan fingerprint density at radius 1 is 1.16 bits per heavy atom. The van der Waals surface area contributed by atoms with Crippen molar-refractivity contribution in [3.8, 4) is 5.75 Å². The summed E-state index contributed by atoms with van der Waals surface area (Å²) in [5.41, 5.74) is 1.21. The van der Waals surface area contributed by atoms with Crippen molar-refractivity contribution in [3.63, 3.8) is 0 Å². The van der Waals surface area contributed by atoms with E-state index in [1.165, 1.54) is 12.0 Å². The third-order valence-electron chi connectivity index (χ3n) is 2.72. The fourth-order valence-corrected chi connectivity index (χ4v) is 1.99. The molecule has 0 aliphatic rings. The predicted molar refractivity (Wildman–Crippen MR) is 82.7 cm³/mol. The van der Waals surface area contributed by atoms with E-state index >= 15 is 0 Å². The van der Waals surface area contributed by atoms with Gasteiger partial charge >= 0.3 is 0 Å². The third kappa shape index (κ3) is 6.95. The van der Waals surface area contributed by atoms with Crippen LogP contribution in [0.1, 0.15) is 32.3 Å². The molecule has 1 N–H and O–H groups in total. The highest BCUT2D eigenvalue weighted by Gasteiger charge is 2.02. The summed E-state index contributed by atoms with van der Waals surface area (Å²) in [7, 11) is 0. The summed E-state index contributed by atoms with van der Waals surface area (Å²) in [5, 5.41) is 3.31. The number of halogens is 1. The Morgan fingerprint density at radius 2 is 2.00 bits per heavy atom. The van der Waals surface area contributed by atoms with Crippen molar-refractivity contribution < 1.29 is 9.47 Å². The average Bonchev–Trinajstić information content (AvgIpc) is 2.43. The number of rotatable bonds is 10. The zero-order valence-corrected chi connectivity index (χ0v) is 13.5. The maximum absolute atomic E-state index is 5.69. The zero-order chi connectivity index (χ0) is 13.9. The summed E-state index contributed by atoms with van der Waals surface area (Å²) in [6.07, 6.45) is 2.28. The lowest BCUT2D eigenvalue weighted by Gasteiger charge is -2.10. The van der Waals surface area contributed by atoms with Gasteiger partial charge in [-0.1, -0.05) is 36.2 Å². The fourth-order valence-electron chi connectivity index (χ4n) is 1.60. The maximum Gasteiger partial charge on any atom is 0.119 e. The average molecular weight is 330 g/mol. The van der Waals surface area contributed by atoms with Crippen LogP contribution in [0.15, 0.2) is 22.7 Å². The third-order valence-corrected chi connectivity index (χ3v) is 3.49. The number of ether oxygens (including phenoxy) is 2. The van der Waals surface area contributed by atoms with Crippen LogP contribution in [-0.2, 0) is 11.3 Å². The Hall–Kier alpha value is -0.580. The topological polar surface area (TPSA) is 30.5 Å². The van der Waals surface area contributed by atoms with Crippen molar-refractivity contribution in [1.82, 2.24) is 5.32 Å². The van der Waals surface area contributed by atoms with Gasteiger partial charge in [0.2, 0.25) is 0 Å². The molecular formula is C15H24BrNO2. The number of hydrogen-bond acceptors (Lipinski definition) is 3. The SMILES string of the molecule is CCCCOCCOc1ccc(Br)c(CNCC)c1. The first-order chi connectivity index (χ1) is 9.27. The summed E-state index contributed by atoms with van der Waals surface area (Å²) in [6.45, 7) is 8.15. The Kier molecular flexibility index (Phi) is 8.88. The highest BCUT2D eigenvalue weighted by molar-refractivity contribution is 9.10. The van der Waals surface area contributed by atoms with Gasteiger partial charge in [-0.15, -0.1) is 0 Å². The van der Waals surface area contributed by atoms with Gasteiger partial charge in [-0.3, -0.25) is 0 Å². The van der Waals surface area contributed by atoms with E-state index in [9.17, 15) is 0 Å². The summed E-state index contributed by atoms with van der Waals surface area (Å²) < 4.78 is 12.3. The monoisotopic (exact) mass is 329 g/mol. The van der Waals surface area contributed by atoms with Crippen LogP contribution >= 0.6 is 15.9 Å². The second-order valence-electron chi connectivity index (χ2n) is 4.35. The molecule has 0 amide bonds. The molecule has 0 bridgehead atoms. The van der Waals surface area contributed by atoms with Gasteiger partial charge in [0, 0.05) is 17.6 Å². The lowest BCUT2D eigenvalue weighted by molar-refractivity contribution is 0.0980. The normalized spacial score (nSPS) is 10.7. The molecule has 0 saturated carbocycles. The molecule has 19 heavy (non-hydrogen) atoms. The molecular weight excluding hydrogens is 306 g/mol. The highest BCUT2D eigenvalue weighted by atomic mass is 79.9. The summed E-state index contributed by atoms with van der Waals surface area (Å²) in [4.78, 5) is 0. The van der Waals surface area contributed by atoms with Crippen LogP contribution in [0.3, 0.4) is 0 Å². The van der Waals surface area contributed by atoms with Gasteiger partial charge in [0.25, 0.3) is 0 Å². The number of hydrogen-bond donors (Lipinski definition) is 1. The van der Waals surface area contributed by atoms with Crippen LogP contribution < -0.4 is 10.1 Å². The fraction of sp³-hybridized carbons (Fsp3) is 0.600. The van der Waals surface area contributed by atoms with E-state index in [4.69, 9.17) is 9.47 Å². The van der Waals surface area contributed by atoms with E-state index in [2.05, 4.69) is 41.2 Å². The molecule has 0 saturated heterocycles. The quantitative estimate of drug-likeness (QED) is 0.663. The maximum atomic E-state index is 5.69. The van der Waals surface area contributed by atoms with E-state index in [0.29, 0.717) is 13.2 Å². The Balaban J connectivity index is 2.33. The van der Waals surface area contributed by atoms with Gasteiger partial charge in [-0.25, -0.2) is 0 Å². The first kappa shape index (κ1) is 16.5. The van der Waals surface area contributed by atoms with Crippen LogP contribution in [0.5, 0.6) is 5.75 Å². The Morgan fingerprint density at radius 3 is 2.74 bits per heavy atom. The van der Waals surface area contributed by atoms with Crippen LogP contribution in [0.4, 0.5) is 0 Å². The number of nitrogens with one attached hydrogen (secondary N) is 1. The minimum Gasteiger partial charge on any atom is -0.491 e. The van der Waals surface area contributed by atoms with Crippen LogP contribution in [0.2, 0.25) is 0 Å². The number of unbranched alkanes of at least 4 members (excludes halogenated alkanes) is 1. The molecule has 0 aromatic heterocycles. The van der Waals surface area contributed by atoms with Crippen molar-refractivity contribution in [3.05, 3.63) is 28.2 Å². The molecule has 0 radical (unpaired) electrons. The molecule has 0 fully saturated rings. The predicted octanol–water partition coefficient (Wildman–Crippen LogP) is 3.75. The molecule has 0 spiro atoms. The van der Waals surface area contributed by atoms with Crippen molar-refractivity contribution in [2.24, 2.45) is 0 Å². The summed E-state index contributed by atoms with van der Waals surface area (Å²) >= 11 is 3.55. The van der Waals surface area contributed by atoms with E-state index in [1.54, 1.807) is 0 Å². The molecule has 1 aromatic rings. The molecule has 0 atom stereocenters. The van der Waals surface area contributed by atoms with Crippen molar-refractivity contribution in [1.29, 1.82) is 0 Å². The Bertz CT molecular complexity index is 358. The second-order valence-corrected chi connectivity index (χ2v) is 5.20. The van der Waals surface area contributed by atoms with Crippen molar-refractivity contribution in [2.45, 2.75) is 33.2 Å². The molecule has 0 unspecified atom stereocenters. The first-order valence-corrected chi connectivity index (χ1v) is 7.77. The zero-order valence-electron chi connectivity index (χ0n) is 11.9. The number of benzene rings is 1. The van der Waals surface area contributed by atoms with Gasteiger partial charge < -0.3 is 14.8 Å². The minimum absolute atomic E-state index is 0.603. The molecule has 1 rings (SSSR count). The Labute approximate surface area is 124 Å². The molecule has 0 aliphatic carbocycles. The first-order valence-electron chi connectivity index (χ1n) is 6.97. The summed E-state index contributed by atoms with van der Waals surface area (Å²) in [5.74, 6) is 0.898. The lowest BCUT2D eigenvalue weighted by atomic mass is 10.2. The van der Waals surface area contributed by atoms with E-state index in [0.717, 1.165) is 36.3 Å². The van der Waals surface area contributed by atoms with Gasteiger partial charge in [0.1, 0.15) is 12.4 Å². The van der Waals surface area contributed by atoms with Crippen LogP contribution in [-0.4, -0.2) is 26.4 Å². The molecule has 4 heteroatoms. The minimum atomic E-state index is 0.603. The van der Waals surface area contributed by atoms with Gasteiger partial charge in [-0.05, 0) is 36.7 Å². The molecule has 1 aromatic carbocycles. The highest BCUT2D eigenvalue weighted by Crippen LogP contribution is 2.22. The molecule has 0 heterocycles. The van der Waals surface area contributed by atoms with Gasteiger partial charge in [0.15, 0.2) is 0 Å². The van der Waals surface area contributed by atoms with Gasteiger partial charge in [-0.2, -0.15) is 0 Å². The van der Waals surface area contributed by atoms with Gasteiger partial charge in [0.05, 0.1) is 6.61 Å². The van der Waals surface area contributed by atoms with Crippen molar-refractivity contribution >= 4 is 15.9 Å². The second kappa shape index (κ2) is 10.2. The van der Waals surface area contributed by atoms with Crippen LogP contribution in [0, 0.1) is 0 Å². The smallest absolute Gasteiger partial charge is 0.119 e. The van der Waals surface area contributed by atoms with E-state index < -0.39 is 0 Å². The molecule has 3 nitrogen and oxygen atoms in total. The van der Waals surface area contributed by atoms with E-state index in [1.807, 2.05) is 12.1 Å².